The lowest BCUT2D eigenvalue weighted by Gasteiger charge is -2.48. The summed E-state index contributed by atoms with van der Waals surface area (Å²) in [7, 11) is -5.16. The Morgan fingerprint density at radius 2 is 1.55 bits per heavy atom. The van der Waals surface area contributed by atoms with E-state index in [0.717, 1.165) is 0 Å². The van der Waals surface area contributed by atoms with Crippen LogP contribution in [0.1, 0.15) is 12.8 Å². The highest BCUT2D eigenvalue weighted by atomic mass is 31.2. The van der Waals surface area contributed by atoms with E-state index >= 15 is 0 Å². The molecule has 2 saturated heterocycles. The Kier molecular flexibility index (Phi) is 12.6. The van der Waals surface area contributed by atoms with Crippen molar-refractivity contribution in [2.75, 3.05) is 19.7 Å². The van der Waals surface area contributed by atoms with Gasteiger partial charge in [0.05, 0.1) is 18.7 Å². The zero-order valence-electron chi connectivity index (χ0n) is 22.4. The molecule has 0 aromatic heterocycles. The zero-order valence-corrected chi connectivity index (χ0v) is 23.3. The number of amides is 1. The average molecular weight is 636 g/mol. The first-order valence-electron chi connectivity index (χ1n) is 13.2. The highest BCUT2D eigenvalue weighted by Gasteiger charge is 2.53. The third-order valence-corrected chi connectivity index (χ3v) is 7.90. The fourth-order valence-corrected chi connectivity index (χ4v) is 5.70. The van der Waals surface area contributed by atoms with Gasteiger partial charge in [-0.05, 0) is 19.4 Å². The van der Waals surface area contributed by atoms with Crippen LogP contribution in [-0.4, -0.2) is 158 Å². The fourth-order valence-electron chi connectivity index (χ4n) is 5.12. The molecule has 21 heteroatoms. The van der Waals surface area contributed by atoms with Gasteiger partial charge in [-0.2, -0.15) is 0 Å². The van der Waals surface area contributed by atoms with Crippen LogP contribution in [0.2, 0.25) is 0 Å². The molecule has 0 aromatic rings. The predicted octanol–water partition coefficient (Wildman–Crippen LogP) is -7.67. The number of phosphoric acid groups is 1. The molecule has 17 N–H and O–H groups in total. The molecule has 3 rings (SSSR count). The fraction of sp³-hybridized carbons (Fsp3) is 0.952. The molecule has 0 spiro atoms. The number of nitrogens with two attached hydrogens (primary N) is 4. The number of hydrogen-bond donors (Lipinski definition) is 13. The van der Waals surface area contributed by atoms with Gasteiger partial charge in [-0.25, -0.2) is 4.57 Å². The van der Waals surface area contributed by atoms with Crippen molar-refractivity contribution in [1.82, 2.24) is 5.32 Å². The first kappa shape index (κ1) is 35.5. The number of nitrogens with one attached hydrogen (secondary N) is 1. The number of rotatable bonds is 12. The third-order valence-electron chi connectivity index (χ3n) is 7.38. The van der Waals surface area contributed by atoms with Gasteiger partial charge < -0.3 is 87.6 Å². The highest BCUT2D eigenvalue weighted by Crippen LogP contribution is 2.41. The molecule has 0 unspecified atom stereocenters. The molecule has 20 nitrogen and oxygen atoms in total. The summed E-state index contributed by atoms with van der Waals surface area (Å²) in [5.74, 6) is -0.863. The smallest absolute Gasteiger partial charge is 0.394 e. The van der Waals surface area contributed by atoms with Crippen molar-refractivity contribution in [3.8, 4) is 0 Å². The molecular weight excluding hydrogens is 593 g/mol. The Balaban J connectivity index is 1.88. The lowest BCUT2D eigenvalue weighted by molar-refractivity contribution is -0.305. The normalized spacial score (nSPS) is 43.7. The van der Waals surface area contributed by atoms with Crippen molar-refractivity contribution in [1.29, 1.82) is 0 Å². The lowest BCUT2D eigenvalue weighted by atomic mass is 9.83. The number of phosphoric ester groups is 1. The van der Waals surface area contributed by atoms with E-state index in [9.17, 15) is 49.8 Å². The second kappa shape index (κ2) is 14.9. The largest absolute Gasteiger partial charge is 0.470 e. The summed E-state index contributed by atoms with van der Waals surface area (Å²) in [6.45, 7) is -1.03. The zero-order chi connectivity index (χ0) is 31.5. The highest BCUT2D eigenvalue weighted by molar-refractivity contribution is 7.46. The van der Waals surface area contributed by atoms with Crippen LogP contribution in [0.3, 0.4) is 0 Å². The van der Waals surface area contributed by atoms with Gasteiger partial charge in [0.1, 0.15) is 61.0 Å². The number of carbonyl (C=O) groups excluding carboxylic acids is 1. The monoisotopic (exact) mass is 635 g/mol. The van der Waals surface area contributed by atoms with E-state index in [4.69, 9.17) is 41.9 Å². The minimum atomic E-state index is -5.16. The van der Waals surface area contributed by atoms with E-state index in [1.807, 2.05) is 0 Å². The summed E-state index contributed by atoms with van der Waals surface area (Å²) in [4.78, 5) is 31.1. The van der Waals surface area contributed by atoms with Gasteiger partial charge in [-0.15, -0.1) is 0 Å². The Hall–Kier alpha value is -0.980. The molecule has 2 aliphatic heterocycles. The predicted molar refractivity (Wildman–Crippen MR) is 136 cm³/mol. The Bertz CT molecular complexity index is 936. The second-order valence-corrected chi connectivity index (χ2v) is 11.6. The van der Waals surface area contributed by atoms with Crippen LogP contribution in [0.4, 0.5) is 0 Å². The van der Waals surface area contributed by atoms with Crippen LogP contribution in [0.15, 0.2) is 0 Å². The molecule has 15 atom stereocenters. The van der Waals surface area contributed by atoms with Crippen molar-refractivity contribution in [2.45, 2.75) is 105 Å². The Morgan fingerprint density at radius 3 is 2.10 bits per heavy atom. The maximum absolute atomic E-state index is 12.5. The average Bonchev–Trinajstić information content (AvgIpc) is 3.19. The van der Waals surface area contributed by atoms with E-state index in [-0.39, 0.29) is 25.9 Å². The molecule has 3 fully saturated rings. The number of hydrogen-bond acceptors (Lipinski definition) is 17. The van der Waals surface area contributed by atoms with Gasteiger partial charge >= 0.3 is 7.82 Å². The van der Waals surface area contributed by atoms with Crippen molar-refractivity contribution in [2.24, 2.45) is 22.9 Å². The standard InChI is InChI=1S/C21H42N5O15P/c22-2-1-8(28)19(33)26-7-3-6(24)16(18(12(7)29)40-21-15(32)13(30)10(5-27)38-21)39-20-11(25)17(41-42(34,35)36)14(31)9(4-23)37-20/h6-18,20-21,27-32H,1-5,22-25H2,(H,26,33)(H2,34,35,36)/t6-,7+,8-,9+,10+,11+,12-,13-,14+,15+,16+,17+,18+,20+,21-/m0/s1. The van der Waals surface area contributed by atoms with Crippen molar-refractivity contribution in [3.05, 3.63) is 0 Å². The molecule has 246 valence electrons. The van der Waals surface area contributed by atoms with Gasteiger partial charge in [-0.3, -0.25) is 9.32 Å². The topological polar surface area (TPSA) is 358 Å². The van der Waals surface area contributed by atoms with Gasteiger partial charge in [-0.1, -0.05) is 0 Å². The van der Waals surface area contributed by atoms with Gasteiger partial charge in [0.15, 0.2) is 12.6 Å². The van der Waals surface area contributed by atoms with Crippen LogP contribution in [0, 0.1) is 0 Å². The first-order chi connectivity index (χ1) is 19.6. The number of aliphatic hydroxyl groups is 6. The third kappa shape index (κ3) is 8.18. The van der Waals surface area contributed by atoms with Crippen molar-refractivity contribution >= 4 is 13.7 Å². The van der Waals surface area contributed by atoms with Crippen LogP contribution < -0.4 is 28.3 Å². The lowest BCUT2D eigenvalue weighted by Crippen LogP contribution is -2.69. The minimum Gasteiger partial charge on any atom is -0.394 e. The van der Waals surface area contributed by atoms with Gasteiger partial charge in [0.25, 0.3) is 0 Å². The molecule has 0 aromatic carbocycles. The molecule has 1 saturated carbocycles. The molecule has 0 radical (unpaired) electrons. The quantitative estimate of drug-likeness (QED) is 0.0885. The molecule has 1 aliphatic carbocycles. The van der Waals surface area contributed by atoms with E-state index < -0.39 is 112 Å². The van der Waals surface area contributed by atoms with E-state index in [0.29, 0.717) is 0 Å². The van der Waals surface area contributed by atoms with E-state index in [2.05, 4.69) is 9.84 Å². The molecule has 2 heterocycles. The van der Waals surface area contributed by atoms with Gasteiger partial charge in [0, 0.05) is 12.6 Å². The SMILES string of the molecule is NCC[C@H](O)C(=O)N[C@@H]1C[C@H](N)[C@@H](O[C@H]2O[C@H](CN)[C@@H](O)[C@H](OP(=O)(O)O)[C@H]2N)[C@H](O[C@@H]2O[C@H](CO)[C@H](O)[C@H]2O)[C@H]1O. The summed E-state index contributed by atoms with van der Waals surface area (Å²) < 4.78 is 38.9. The maximum atomic E-state index is 12.5. The maximum Gasteiger partial charge on any atom is 0.470 e. The van der Waals surface area contributed by atoms with E-state index in [1.165, 1.54) is 0 Å². The Morgan fingerprint density at radius 1 is 0.929 bits per heavy atom. The van der Waals surface area contributed by atoms with E-state index in [1.54, 1.807) is 0 Å². The number of carbonyl (C=O) groups is 1. The summed E-state index contributed by atoms with van der Waals surface area (Å²) in [6.07, 6.45) is -18.8. The second-order valence-electron chi connectivity index (χ2n) is 10.4. The van der Waals surface area contributed by atoms with Crippen LogP contribution in [-0.2, 0) is 32.8 Å². The molecule has 0 bridgehead atoms. The van der Waals surface area contributed by atoms with Crippen molar-refractivity contribution in [3.63, 3.8) is 0 Å². The summed E-state index contributed by atoms with van der Waals surface area (Å²) >= 11 is 0. The molecule has 1 amide bonds. The molecule has 42 heavy (non-hydrogen) atoms. The minimum absolute atomic E-state index is 0.00108. The Labute approximate surface area is 240 Å². The number of aliphatic hydroxyl groups excluding tert-OH is 6. The summed E-state index contributed by atoms with van der Waals surface area (Å²) in [5, 5.41) is 64.2. The first-order valence-corrected chi connectivity index (χ1v) is 14.7. The van der Waals surface area contributed by atoms with Crippen molar-refractivity contribution < 1.29 is 73.3 Å². The molecule has 3 aliphatic rings. The van der Waals surface area contributed by atoms with Crippen LogP contribution in [0.25, 0.3) is 0 Å². The van der Waals surface area contributed by atoms with Crippen LogP contribution in [0.5, 0.6) is 0 Å². The number of ether oxygens (including phenoxy) is 4. The summed E-state index contributed by atoms with van der Waals surface area (Å²) in [5.41, 5.74) is 23.5. The van der Waals surface area contributed by atoms with Crippen LogP contribution >= 0.6 is 7.82 Å². The van der Waals surface area contributed by atoms with Gasteiger partial charge in [0.2, 0.25) is 5.91 Å². The molecular formula is C21H42N5O15P. The summed E-state index contributed by atoms with van der Waals surface area (Å²) in [6, 6.07) is -3.79.